The van der Waals surface area contributed by atoms with E-state index in [1.807, 2.05) is 37.3 Å². The highest BCUT2D eigenvalue weighted by Crippen LogP contribution is 2.27. The molecule has 1 heterocycles. The van der Waals surface area contributed by atoms with E-state index in [9.17, 15) is 4.79 Å². The minimum Gasteiger partial charge on any atom is -0.326 e. The molecule has 0 radical (unpaired) electrons. The van der Waals surface area contributed by atoms with Crippen LogP contribution >= 0.6 is 0 Å². The standard InChI is InChI=1S/C18H20N4O/c1-2-3-17(23)20-18-15-9-8-14(10-16(15)21-22-18)13-6-4-12(11-19)5-7-13/h4-10H,2-3,11,19H2,1H3,(H2,20,21,22,23). The average Bonchev–Trinajstić information content (AvgIpc) is 2.97. The lowest BCUT2D eigenvalue weighted by Gasteiger charge is -2.04. The number of anilines is 1. The normalized spacial score (nSPS) is 10.9. The van der Waals surface area contributed by atoms with Crippen molar-refractivity contribution in [1.29, 1.82) is 0 Å². The maximum atomic E-state index is 11.7. The first kappa shape index (κ1) is 15.2. The number of hydrogen-bond acceptors (Lipinski definition) is 3. The predicted octanol–water partition coefficient (Wildman–Crippen LogP) is 3.43. The van der Waals surface area contributed by atoms with E-state index in [4.69, 9.17) is 5.73 Å². The third-order valence-electron chi connectivity index (χ3n) is 3.82. The number of nitrogens with zero attached hydrogens (tertiary/aromatic N) is 1. The van der Waals surface area contributed by atoms with Gasteiger partial charge in [0.05, 0.1) is 5.52 Å². The van der Waals surface area contributed by atoms with Crippen molar-refractivity contribution in [2.75, 3.05) is 5.32 Å². The number of benzene rings is 2. The molecule has 5 heteroatoms. The Morgan fingerprint density at radius 1 is 1.17 bits per heavy atom. The van der Waals surface area contributed by atoms with Crippen molar-refractivity contribution in [3.05, 3.63) is 48.0 Å². The highest BCUT2D eigenvalue weighted by atomic mass is 16.1. The van der Waals surface area contributed by atoms with Crippen molar-refractivity contribution in [3.8, 4) is 11.1 Å². The molecule has 0 aliphatic heterocycles. The molecule has 3 rings (SSSR count). The number of nitrogens with one attached hydrogen (secondary N) is 2. The molecule has 0 saturated carbocycles. The Hall–Kier alpha value is -2.66. The van der Waals surface area contributed by atoms with E-state index in [2.05, 4.69) is 27.6 Å². The lowest BCUT2D eigenvalue weighted by atomic mass is 10.0. The quantitative estimate of drug-likeness (QED) is 0.675. The second-order valence-corrected chi connectivity index (χ2v) is 5.53. The molecular formula is C18H20N4O. The topological polar surface area (TPSA) is 83.8 Å². The fourth-order valence-electron chi connectivity index (χ4n) is 2.55. The van der Waals surface area contributed by atoms with Crippen molar-refractivity contribution >= 4 is 22.6 Å². The third kappa shape index (κ3) is 3.24. The molecule has 118 valence electrons. The van der Waals surface area contributed by atoms with E-state index in [-0.39, 0.29) is 5.91 Å². The van der Waals surface area contributed by atoms with Crippen LogP contribution in [0.1, 0.15) is 25.3 Å². The maximum absolute atomic E-state index is 11.7. The number of H-pyrrole nitrogens is 1. The monoisotopic (exact) mass is 308 g/mol. The van der Waals surface area contributed by atoms with Gasteiger partial charge in [0.25, 0.3) is 0 Å². The van der Waals surface area contributed by atoms with Gasteiger partial charge in [-0.15, -0.1) is 0 Å². The van der Waals surface area contributed by atoms with Gasteiger partial charge in [-0.1, -0.05) is 37.3 Å². The maximum Gasteiger partial charge on any atom is 0.225 e. The number of aromatic nitrogens is 2. The summed E-state index contributed by atoms with van der Waals surface area (Å²) in [6.07, 6.45) is 1.32. The molecule has 0 fully saturated rings. The summed E-state index contributed by atoms with van der Waals surface area (Å²) in [6, 6.07) is 14.2. The van der Waals surface area contributed by atoms with Gasteiger partial charge >= 0.3 is 0 Å². The minimum atomic E-state index is -0.0117. The Labute approximate surface area is 134 Å². The summed E-state index contributed by atoms with van der Waals surface area (Å²) in [5.41, 5.74) is 9.85. The van der Waals surface area contributed by atoms with E-state index in [0.29, 0.717) is 18.8 Å². The number of nitrogens with two attached hydrogens (primary N) is 1. The van der Waals surface area contributed by atoms with Crippen LogP contribution in [0.2, 0.25) is 0 Å². The van der Waals surface area contributed by atoms with Crippen LogP contribution in [0.4, 0.5) is 5.82 Å². The lowest BCUT2D eigenvalue weighted by molar-refractivity contribution is -0.116. The zero-order valence-electron chi connectivity index (χ0n) is 13.1. The molecule has 0 spiro atoms. The van der Waals surface area contributed by atoms with Gasteiger partial charge in [0.2, 0.25) is 5.91 Å². The highest BCUT2D eigenvalue weighted by molar-refractivity contribution is 6.00. The Kier molecular flexibility index (Phi) is 4.39. The molecular weight excluding hydrogens is 288 g/mol. The number of carbonyl (C=O) groups is 1. The Morgan fingerprint density at radius 3 is 2.61 bits per heavy atom. The van der Waals surface area contributed by atoms with Crippen LogP contribution < -0.4 is 11.1 Å². The van der Waals surface area contributed by atoms with Crippen molar-refractivity contribution < 1.29 is 4.79 Å². The van der Waals surface area contributed by atoms with Crippen LogP contribution in [-0.2, 0) is 11.3 Å². The Balaban J connectivity index is 1.89. The van der Waals surface area contributed by atoms with Gasteiger partial charge in [0.1, 0.15) is 0 Å². The molecule has 0 bridgehead atoms. The van der Waals surface area contributed by atoms with Crippen molar-refractivity contribution in [2.45, 2.75) is 26.3 Å². The van der Waals surface area contributed by atoms with E-state index < -0.39 is 0 Å². The molecule has 1 aromatic heterocycles. The second kappa shape index (κ2) is 6.62. The van der Waals surface area contributed by atoms with Gasteiger partial charge in [-0.05, 0) is 35.2 Å². The van der Waals surface area contributed by atoms with Gasteiger partial charge in [-0.3, -0.25) is 9.89 Å². The van der Waals surface area contributed by atoms with Crippen LogP contribution in [0.3, 0.4) is 0 Å². The summed E-state index contributed by atoms with van der Waals surface area (Å²) in [6.45, 7) is 2.52. The van der Waals surface area contributed by atoms with Crippen molar-refractivity contribution in [1.82, 2.24) is 10.2 Å². The van der Waals surface area contributed by atoms with Crippen molar-refractivity contribution in [3.63, 3.8) is 0 Å². The SMILES string of the molecule is CCCC(=O)Nc1n[nH]c2cc(-c3ccc(CN)cc3)ccc12. The molecule has 1 amide bonds. The average molecular weight is 308 g/mol. The molecule has 4 N–H and O–H groups in total. The molecule has 0 atom stereocenters. The zero-order valence-corrected chi connectivity index (χ0v) is 13.1. The Morgan fingerprint density at radius 2 is 1.91 bits per heavy atom. The molecule has 3 aromatic rings. The summed E-state index contributed by atoms with van der Waals surface area (Å²) >= 11 is 0. The number of rotatable bonds is 5. The van der Waals surface area contributed by atoms with Gasteiger partial charge < -0.3 is 11.1 Å². The van der Waals surface area contributed by atoms with E-state index in [1.165, 1.54) is 0 Å². The second-order valence-electron chi connectivity index (χ2n) is 5.53. The van der Waals surface area contributed by atoms with Crippen LogP contribution in [0.5, 0.6) is 0 Å². The van der Waals surface area contributed by atoms with E-state index >= 15 is 0 Å². The largest absolute Gasteiger partial charge is 0.326 e. The van der Waals surface area contributed by atoms with Gasteiger partial charge in [0.15, 0.2) is 5.82 Å². The summed E-state index contributed by atoms with van der Waals surface area (Å²) in [5, 5.41) is 10.9. The molecule has 0 aliphatic carbocycles. The molecule has 5 nitrogen and oxygen atoms in total. The number of fused-ring (bicyclic) bond motifs is 1. The van der Waals surface area contributed by atoms with Crippen molar-refractivity contribution in [2.24, 2.45) is 5.73 Å². The summed E-state index contributed by atoms with van der Waals surface area (Å²) in [7, 11) is 0. The molecule has 23 heavy (non-hydrogen) atoms. The number of amides is 1. The number of aromatic amines is 1. The fourth-order valence-corrected chi connectivity index (χ4v) is 2.55. The summed E-state index contributed by atoms with van der Waals surface area (Å²) in [4.78, 5) is 11.7. The zero-order chi connectivity index (χ0) is 16.2. The number of carbonyl (C=O) groups excluding carboxylic acids is 1. The fraction of sp³-hybridized carbons (Fsp3) is 0.222. The van der Waals surface area contributed by atoms with E-state index in [0.717, 1.165) is 34.0 Å². The van der Waals surface area contributed by atoms with Gasteiger partial charge in [-0.2, -0.15) is 5.10 Å². The Bertz CT molecular complexity index is 821. The van der Waals surface area contributed by atoms with Crippen LogP contribution in [-0.4, -0.2) is 16.1 Å². The van der Waals surface area contributed by atoms with Crippen LogP contribution in [0, 0.1) is 0 Å². The van der Waals surface area contributed by atoms with E-state index in [1.54, 1.807) is 0 Å². The smallest absolute Gasteiger partial charge is 0.225 e. The highest BCUT2D eigenvalue weighted by Gasteiger charge is 2.09. The first-order valence-electron chi connectivity index (χ1n) is 7.78. The van der Waals surface area contributed by atoms with Gasteiger partial charge in [0, 0.05) is 18.4 Å². The lowest BCUT2D eigenvalue weighted by Crippen LogP contribution is -2.10. The van der Waals surface area contributed by atoms with Crippen LogP contribution in [0.25, 0.3) is 22.0 Å². The third-order valence-corrected chi connectivity index (χ3v) is 3.82. The van der Waals surface area contributed by atoms with Crippen LogP contribution in [0.15, 0.2) is 42.5 Å². The first-order valence-corrected chi connectivity index (χ1v) is 7.78. The summed E-state index contributed by atoms with van der Waals surface area (Å²) in [5.74, 6) is 0.575. The molecule has 0 aliphatic rings. The molecule has 2 aromatic carbocycles. The molecule has 0 unspecified atom stereocenters. The minimum absolute atomic E-state index is 0.0117. The predicted molar refractivity (Wildman–Crippen MR) is 93.0 cm³/mol. The molecule has 0 saturated heterocycles. The first-order chi connectivity index (χ1) is 11.2. The van der Waals surface area contributed by atoms with Gasteiger partial charge in [-0.25, -0.2) is 0 Å². The summed E-state index contributed by atoms with van der Waals surface area (Å²) < 4.78 is 0. The number of hydrogen-bond donors (Lipinski definition) is 3.